The van der Waals surface area contributed by atoms with Crippen LogP contribution in [0, 0.1) is 6.92 Å². The minimum atomic E-state index is 0.0967. The number of aryl methyl sites for hydroxylation is 2. The van der Waals surface area contributed by atoms with Gasteiger partial charge in [-0.3, -0.25) is 4.79 Å². The van der Waals surface area contributed by atoms with E-state index in [1.54, 1.807) is 11.8 Å². The van der Waals surface area contributed by atoms with Crippen molar-refractivity contribution in [3.63, 3.8) is 0 Å². The van der Waals surface area contributed by atoms with Gasteiger partial charge in [0.15, 0.2) is 0 Å². The van der Waals surface area contributed by atoms with Crippen LogP contribution in [0.4, 0.5) is 0 Å². The topological polar surface area (TPSA) is 29.1 Å². The lowest BCUT2D eigenvalue weighted by Crippen LogP contribution is -2.25. The Labute approximate surface area is 141 Å². The summed E-state index contributed by atoms with van der Waals surface area (Å²) in [6, 6.07) is 16.1. The monoisotopic (exact) mass is 333 g/mol. The summed E-state index contributed by atoms with van der Waals surface area (Å²) in [6.45, 7) is 2.77. The third-order valence-electron chi connectivity index (χ3n) is 3.27. The number of benzene rings is 2. The van der Waals surface area contributed by atoms with Gasteiger partial charge in [0, 0.05) is 28.6 Å². The predicted octanol–water partition coefficient (Wildman–Crippen LogP) is 4.49. The van der Waals surface area contributed by atoms with Crippen molar-refractivity contribution in [2.75, 3.05) is 12.3 Å². The van der Waals surface area contributed by atoms with Crippen LogP contribution >= 0.6 is 23.4 Å². The smallest absolute Gasteiger partial charge is 0.220 e. The molecule has 2 nitrogen and oxygen atoms in total. The average Bonchev–Trinajstić information content (AvgIpc) is 2.53. The van der Waals surface area contributed by atoms with Crippen molar-refractivity contribution in [2.24, 2.45) is 0 Å². The van der Waals surface area contributed by atoms with Crippen molar-refractivity contribution in [3.05, 3.63) is 64.7 Å². The highest BCUT2D eigenvalue weighted by molar-refractivity contribution is 7.99. The van der Waals surface area contributed by atoms with Crippen LogP contribution in [0.15, 0.2) is 53.4 Å². The molecule has 2 aromatic carbocycles. The summed E-state index contributed by atoms with van der Waals surface area (Å²) in [7, 11) is 0. The summed E-state index contributed by atoms with van der Waals surface area (Å²) >= 11 is 7.59. The van der Waals surface area contributed by atoms with Crippen molar-refractivity contribution < 1.29 is 4.79 Å². The number of carbonyl (C=O) groups is 1. The molecule has 1 amide bonds. The number of amides is 1. The molecule has 0 aliphatic carbocycles. The molecular weight excluding hydrogens is 314 g/mol. The van der Waals surface area contributed by atoms with E-state index in [1.807, 2.05) is 24.3 Å². The third-order valence-corrected chi connectivity index (χ3v) is 4.53. The van der Waals surface area contributed by atoms with Gasteiger partial charge in [0.05, 0.1) is 0 Å². The van der Waals surface area contributed by atoms with Crippen LogP contribution < -0.4 is 5.32 Å². The molecule has 0 atom stereocenters. The van der Waals surface area contributed by atoms with Crippen molar-refractivity contribution >= 4 is 29.3 Å². The average molecular weight is 334 g/mol. The van der Waals surface area contributed by atoms with Crippen LogP contribution in [0.1, 0.15) is 17.5 Å². The summed E-state index contributed by atoms with van der Waals surface area (Å²) < 4.78 is 0. The van der Waals surface area contributed by atoms with Crippen LogP contribution in [-0.4, -0.2) is 18.2 Å². The maximum atomic E-state index is 11.8. The highest BCUT2D eigenvalue weighted by atomic mass is 35.5. The normalized spacial score (nSPS) is 10.5. The molecule has 1 N–H and O–H groups in total. The molecule has 0 bridgehead atoms. The quantitative estimate of drug-likeness (QED) is 0.597. The standard InChI is InChI=1S/C18H20ClNOS/c1-14-2-9-17(10-3-14)22-13-12-20-18(21)11-6-15-4-7-16(19)8-5-15/h2-5,7-10H,6,11-13H2,1H3,(H,20,21). The first-order valence-corrected chi connectivity index (χ1v) is 8.70. The maximum absolute atomic E-state index is 11.8. The molecule has 0 aliphatic rings. The molecule has 0 unspecified atom stereocenters. The van der Waals surface area contributed by atoms with Gasteiger partial charge in [-0.2, -0.15) is 0 Å². The second-order valence-corrected chi connectivity index (χ2v) is 6.74. The molecule has 0 radical (unpaired) electrons. The lowest BCUT2D eigenvalue weighted by atomic mass is 10.1. The van der Waals surface area contributed by atoms with Crippen LogP contribution in [0.2, 0.25) is 5.02 Å². The van der Waals surface area contributed by atoms with E-state index < -0.39 is 0 Å². The summed E-state index contributed by atoms with van der Waals surface area (Å²) in [5.41, 5.74) is 2.40. The van der Waals surface area contributed by atoms with Gasteiger partial charge in [-0.25, -0.2) is 0 Å². The predicted molar refractivity (Wildman–Crippen MR) is 94.7 cm³/mol. The van der Waals surface area contributed by atoms with E-state index in [0.717, 1.165) is 22.8 Å². The van der Waals surface area contributed by atoms with Crippen molar-refractivity contribution in [3.8, 4) is 0 Å². The van der Waals surface area contributed by atoms with Crippen molar-refractivity contribution in [1.29, 1.82) is 0 Å². The van der Waals surface area contributed by atoms with Crippen molar-refractivity contribution in [1.82, 2.24) is 5.32 Å². The number of carbonyl (C=O) groups excluding carboxylic acids is 1. The maximum Gasteiger partial charge on any atom is 0.220 e. The first kappa shape index (κ1) is 16.9. The van der Waals surface area contributed by atoms with Crippen LogP contribution in [-0.2, 0) is 11.2 Å². The third kappa shape index (κ3) is 6.12. The minimum absolute atomic E-state index is 0.0967. The summed E-state index contributed by atoms with van der Waals surface area (Å²) in [5, 5.41) is 3.68. The van der Waals surface area contributed by atoms with E-state index in [9.17, 15) is 4.79 Å². The second kappa shape index (κ2) is 8.86. The SMILES string of the molecule is Cc1ccc(SCCNC(=O)CCc2ccc(Cl)cc2)cc1. The summed E-state index contributed by atoms with van der Waals surface area (Å²) in [6.07, 6.45) is 1.25. The van der Waals surface area contributed by atoms with Gasteiger partial charge in [-0.05, 0) is 43.2 Å². The number of nitrogens with one attached hydrogen (secondary N) is 1. The molecule has 0 aliphatic heterocycles. The minimum Gasteiger partial charge on any atom is -0.355 e. The Morgan fingerprint density at radius 1 is 1.09 bits per heavy atom. The summed E-state index contributed by atoms with van der Waals surface area (Å²) in [4.78, 5) is 13.0. The van der Waals surface area contributed by atoms with Gasteiger partial charge < -0.3 is 5.32 Å². The van der Waals surface area contributed by atoms with Crippen LogP contribution in [0.3, 0.4) is 0 Å². The molecule has 0 saturated carbocycles. The second-order valence-electron chi connectivity index (χ2n) is 5.14. The molecular formula is C18H20ClNOS. The molecule has 116 valence electrons. The lowest BCUT2D eigenvalue weighted by molar-refractivity contribution is -0.120. The van der Waals surface area contributed by atoms with E-state index >= 15 is 0 Å². The van der Waals surface area contributed by atoms with E-state index in [1.165, 1.54) is 10.5 Å². The van der Waals surface area contributed by atoms with E-state index in [-0.39, 0.29) is 5.91 Å². The highest BCUT2D eigenvalue weighted by Crippen LogP contribution is 2.17. The van der Waals surface area contributed by atoms with Crippen LogP contribution in [0.25, 0.3) is 0 Å². The fourth-order valence-corrected chi connectivity index (χ4v) is 2.89. The number of rotatable bonds is 7. The van der Waals surface area contributed by atoms with Gasteiger partial charge >= 0.3 is 0 Å². The Kier molecular flexibility index (Phi) is 6.81. The molecule has 2 rings (SSSR count). The molecule has 0 aromatic heterocycles. The number of hydrogen-bond acceptors (Lipinski definition) is 2. The zero-order valence-corrected chi connectivity index (χ0v) is 14.2. The molecule has 0 fully saturated rings. The van der Waals surface area contributed by atoms with E-state index in [2.05, 4.69) is 36.5 Å². The molecule has 0 heterocycles. The fourth-order valence-electron chi connectivity index (χ4n) is 1.99. The Morgan fingerprint density at radius 3 is 2.45 bits per heavy atom. The fraction of sp³-hybridized carbons (Fsp3) is 0.278. The zero-order valence-electron chi connectivity index (χ0n) is 12.6. The molecule has 0 spiro atoms. The summed E-state index contributed by atoms with van der Waals surface area (Å²) in [5.74, 6) is 0.981. The Bertz CT molecular complexity index is 595. The van der Waals surface area contributed by atoms with Crippen LogP contribution in [0.5, 0.6) is 0 Å². The van der Waals surface area contributed by atoms with Crippen molar-refractivity contribution in [2.45, 2.75) is 24.7 Å². The molecule has 4 heteroatoms. The Balaban J connectivity index is 1.61. The van der Waals surface area contributed by atoms with Gasteiger partial charge in [0.25, 0.3) is 0 Å². The van der Waals surface area contributed by atoms with Gasteiger partial charge in [-0.15, -0.1) is 11.8 Å². The number of halogens is 1. The molecule has 2 aromatic rings. The van der Waals surface area contributed by atoms with E-state index in [4.69, 9.17) is 11.6 Å². The first-order chi connectivity index (χ1) is 10.6. The van der Waals surface area contributed by atoms with E-state index in [0.29, 0.717) is 13.0 Å². The first-order valence-electron chi connectivity index (χ1n) is 7.34. The van der Waals surface area contributed by atoms with Gasteiger partial charge in [0.1, 0.15) is 0 Å². The Morgan fingerprint density at radius 2 is 1.77 bits per heavy atom. The van der Waals surface area contributed by atoms with Gasteiger partial charge in [0.2, 0.25) is 5.91 Å². The highest BCUT2D eigenvalue weighted by Gasteiger charge is 2.02. The zero-order chi connectivity index (χ0) is 15.8. The lowest BCUT2D eigenvalue weighted by Gasteiger charge is -2.06. The molecule has 0 saturated heterocycles. The largest absolute Gasteiger partial charge is 0.355 e. The number of thioether (sulfide) groups is 1. The molecule has 22 heavy (non-hydrogen) atoms. The van der Waals surface area contributed by atoms with Gasteiger partial charge in [-0.1, -0.05) is 41.4 Å². The Hall–Kier alpha value is -1.45. The number of hydrogen-bond donors (Lipinski definition) is 1.